The Morgan fingerprint density at radius 1 is 1.33 bits per heavy atom. The third kappa shape index (κ3) is 3.20. The number of carbonyl (C=O) groups excluding carboxylic acids is 1. The zero-order valence-electron chi connectivity index (χ0n) is 9.97. The monoisotopic (exact) mass is 213 g/mol. The molecular weight excluding hydrogens is 190 g/mol. The minimum Gasteiger partial charge on any atom is -0.465 e. The lowest BCUT2D eigenvalue weighted by molar-refractivity contribution is -0.158. The molecule has 0 radical (unpaired) electrons. The summed E-state index contributed by atoms with van der Waals surface area (Å²) >= 11 is 0. The van der Waals surface area contributed by atoms with E-state index in [1.807, 2.05) is 0 Å². The summed E-state index contributed by atoms with van der Waals surface area (Å²) in [7, 11) is 0. The lowest BCUT2D eigenvalue weighted by atomic mass is 9.77. The molecule has 0 amide bonds. The number of nitrogens with one attached hydrogen (secondary N) is 1. The summed E-state index contributed by atoms with van der Waals surface area (Å²) in [5.74, 6) is 0.0277. The van der Waals surface area contributed by atoms with Crippen LogP contribution in [0, 0.1) is 5.41 Å². The first-order valence-corrected chi connectivity index (χ1v) is 6.13. The number of hydrogen-bond acceptors (Lipinski definition) is 3. The number of piperidine rings is 1. The zero-order chi connectivity index (χ0) is 11.1. The van der Waals surface area contributed by atoms with Crippen LogP contribution in [0.2, 0.25) is 0 Å². The fourth-order valence-electron chi connectivity index (χ4n) is 2.07. The maximum atomic E-state index is 12.0. The van der Waals surface area contributed by atoms with Gasteiger partial charge in [0.25, 0.3) is 0 Å². The van der Waals surface area contributed by atoms with Crippen molar-refractivity contribution in [1.82, 2.24) is 5.32 Å². The van der Waals surface area contributed by atoms with Crippen LogP contribution >= 0.6 is 0 Å². The molecule has 3 nitrogen and oxygen atoms in total. The number of ether oxygens (including phenoxy) is 1. The van der Waals surface area contributed by atoms with Crippen LogP contribution in [-0.2, 0) is 9.53 Å². The topological polar surface area (TPSA) is 38.3 Å². The van der Waals surface area contributed by atoms with Crippen molar-refractivity contribution in [1.29, 1.82) is 0 Å². The summed E-state index contributed by atoms with van der Waals surface area (Å²) in [5, 5.41) is 3.29. The van der Waals surface area contributed by atoms with E-state index >= 15 is 0 Å². The van der Waals surface area contributed by atoms with Gasteiger partial charge in [0, 0.05) is 0 Å². The molecule has 15 heavy (non-hydrogen) atoms. The Morgan fingerprint density at radius 3 is 2.53 bits per heavy atom. The first kappa shape index (κ1) is 12.5. The van der Waals surface area contributed by atoms with E-state index in [4.69, 9.17) is 4.74 Å². The molecule has 0 aromatic heterocycles. The smallest absolute Gasteiger partial charge is 0.312 e. The molecule has 1 N–H and O–H groups in total. The average Bonchev–Trinajstić information content (AvgIpc) is 2.30. The van der Waals surface area contributed by atoms with E-state index in [-0.39, 0.29) is 11.4 Å². The molecule has 0 aliphatic carbocycles. The third-order valence-electron chi connectivity index (χ3n) is 3.40. The van der Waals surface area contributed by atoms with Crippen molar-refractivity contribution < 1.29 is 9.53 Å². The zero-order valence-corrected chi connectivity index (χ0v) is 9.97. The Morgan fingerprint density at radius 2 is 2.00 bits per heavy atom. The van der Waals surface area contributed by atoms with Gasteiger partial charge < -0.3 is 10.1 Å². The Kier molecular flexibility index (Phi) is 5.09. The first-order valence-electron chi connectivity index (χ1n) is 6.13. The Hall–Kier alpha value is -0.570. The molecule has 0 bridgehead atoms. The van der Waals surface area contributed by atoms with Gasteiger partial charge in [0.05, 0.1) is 12.0 Å². The summed E-state index contributed by atoms with van der Waals surface area (Å²) in [6, 6.07) is 0. The molecule has 0 aromatic rings. The summed E-state index contributed by atoms with van der Waals surface area (Å²) < 4.78 is 5.35. The highest BCUT2D eigenvalue weighted by Crippen LogP contribution is 2.33. The van der Waals surface area contributed by atoms with Crippen LogP contribution < -0.4 is 5.32 Å². The molecule has 1 rings (SSSR count). The predicted octanol–water partition coefficient (Wildman–Crippen LogP) is 2.11. The van der Waals surface area contributed by atoms with E-state index < -0.39 is 0 Å². The highest BCUT2D eigenvalue weighted by molar-refractivity contribution is 5.77. The molecule has 88 valence electrons. The first-order chi connectivity index (χ1) is 7.25. The second-order valence-corrected chi connectivity index (χ2v) is 4.37. The second-order valence-electron chi connectivity index (χ2n) is 4.37. The van der Waals surface area contributed by atoms with Crippen LogP contribution in [0.4, 0.5) is 0 Å². The van der Waals surface area contributed by atoms with Crippen LogP contribution in [-0.4, -0.2) is 25.7 Å². The lowest BCUT2D eigenvalue weighted by Crippen LogP contribution is -2.42. The highest BCUT2D eigenvalue weighted by Gasteiger charge is 2.39. The molecule has 3 heteroatoms. The molecule has 0 unspecified atom stereocenters. The van der Waals surface area contributed by atoms with Crippen LogP contribution in [0.25, 0.3) is 0 Å². The quantitative estimate of drug-likeness (QED) is 0.561. The number of esters is 1. The largest absolute Gasteiger partial charge is 0.465 e. The van der Waals surface area contributed by atoms with Crippen molar-refractivity contribution in [2.75, 3.05) is 19.7 Å². The van der Waals surface area contributed by atoms with Gasteiger partial charge in [-0.15, -0.1) is 0 Å². The normalized spacial score (nSPS) is 19.9. The Labute approximate surface area is 92.6 Å². The van der Waals surface area contributed by atoms with Crippen LogP contribution in [0.3, 0.4) is 0 Å². The molecule has 0 saturated carbocycles. The van der Waals surface area contributed by atoms with Gasteiger partial charge in [-0.2, -0.15) is 0 Å². The summed E-state index contributed by atoms with van der Waals surface area (Å²) in [5.41, 5.74) is -0.195. The van der Waals surface area contributed by atoms with Crippen molar-refractivity contribution >= 4 is 5.97 Å². The standard InChI is InChI=1S/C12H23NO2/c1-3-5-10-15-11(14)12(4-2)6-8-13-9-7-12/h13H,3-10H2,1-2H3. The molecule has 1 saturated heterocycles. The van der Waals surface area contributed by atoms with Crippen molar-refractivity contribution in [2.24, 2.45) is 5.41 Å². The van der Waals surface area contributed by atoms with Gasteiger partial charge >= 0.3 is 5.97 Å². The van der Waals surface area contributed by atoms with E-state index in [1.54, 1.807) is 0 Å². The van der Waals surface area contributed by atoms with Crippen LogP contribution in [0.15, 0.2) is 0 Å². The Balaban J connectivity index is 2.45. The molecule has 1 fully saturated rings. The van der Waals surface area contributed by atoms with Gasteiger partial charge in [0.1, 0.15) is 0 Å². The molecule has 0 spiro atoms. The van der Waals surface area contributed by atoms with E-state index in [0.29, 0.717) is 6.61 Å². The number of carbonyl (C=O) groups is 1. The van der Waals surface area contributed by atoms with Gasteiger partial charge in [-0.25, -0.2) is 0 Å². The second kappa shape index (κ2) is 6.11. The maximum absolute atomic E-state index is 12.0. The minimum absolute atomic E-state index is 0.0277. The minimum atomic E-state index is -0.195. The van der Waals surface area contributed by atoms with Gasteiger partial charge in [-0.1, -0.05) is 20.3 Å². The molecule has 0 aromatic carbocycles. The summed E-state index contributed by atoms with van der Waals surface area (Å²) in [6.07, 6.45) is 4.81. The summed E-state index contributed by atoms with van der Waals surface area (Å²) in [6.45, 7) is 6.66. The fraction of sp³-hybridized carbons (Fsp3) is 0.917. The van der Waals surface area contributed by atoms with E-state index in [2.05, 4.69) is 19.2 Å². The van der Waals surface area contributed by atoms with Crippen molar-refractivity contribution in [3.05, 3.63) is 0 Å². The van der Waals surface area contributed by atoms with Gasteiger partial charge in [-0.05, 0) is 38.8 Å². The molecular formula is C12H23NO2. The molecule has 1 aliphatic heterocycles. The van der Waals surface area contributed by atoms with Gasteiger partial charge in [0.2, 0.25) is 0 Å². The molecule has 1 heterocycles. The van der Waals surface area contributed by atoms with Gasteiger partial charge in [-0.3, -0.25) is 4.79 Å². The maximum Gasteiger partial charge on any atom is 0.312 e. The molecule has 1 aliphatic rings. The number of unbranched alkanes of at least 4 members (excludes halogenated alkanes) is 1. The summed E-state index contributed by atoms with van der Waals surface area (Å²) in [4.78, 5) is 12.0. The third-order valence-corrected chi connectivity index (χ3v) is 3.40. The van der Waals surface area contributed by atoms with E-state index in [0.717, 1.165) is 45.2 Å². The van der Waals surface area contributed by atoms with E-state index in [9.17, 15) is 4.79 Å². The Bertz CT molecular complexity index is 198. The highest BCUT2D eigenvalue weighted by atomic mass is 16.5. The SMILES string of the molecule is CCCCOC(=O)C1(CC)CCNCC1. The van der Waals surface area contributed by atoms with Crippen molar-refractivity contribution in [2.45, 2.75) is 46.0 Å². The average molecular weight is 213 g/mol. The van der Waals surface area contributed by atoms with Crippen LogP contribution in [0.5, 0.6) is 0 Å². The predicted molar refractivity (Wildman–Crippen MR) is 60.7 cm³/mol. The van der Waals surface area contributed by atoms with Gasteiger partial charge in [0.15, 0.2) is 0 Å². The fourth-order valence-corrected chi connectivity index (χ4v) is 2.07. The lowest BCUT2D eigenvalue weighted by Gasteiger charge is -2.34. The van der Waals surface area contributed by atoms with Crippen molar-refractivity contribution in [3.8, 4) is 0 Å². The number of hydrogen-bond donors (Lipinski definition) is 1. The van der Waals surface area contributed by atoms with Crippen molar-refractivity contribution in [3.63, 3.8) is 0 Å². The van der Waals surface area contributed by atoms with E-state index in [1.165, 1.54) is 0 Å². The number of rotatable bonds is 5. The molecule has 0 atom stereocenters. The van der Waals surface area contributed by atoms with Crippen LogP contribution in [0.1, 0.15) is 46.0 Å².